The van der Waals surface area contributed by atoms with E-state index in [0.29, 0.717) is 26.2 Å². The fraction of sp³-hybridized carbons (Fsp3) is 0.300. The van der Waals surface area contributed by atoms with Crippen LogP contribution in [0.25, 0.3) is 16.7 Å². The average molecular weight is 457 g/mol. The van der Waals surface area contributed by atoms with Crippen molar-refractivity contribution in [3.05, 3.63) is 95.6 Å². The lowest BCUT2D eigenvalue weighted by atomic mass is 10.0. The van der Waals surface area contributed by atoms with Crippen LogP contribution in [0.4, 0.5) is 0 Å². The maximum atomic E-state index is 12.1. The highest BCUT2D eigenvalue weighted by molar-refractivity contribution is 6.01. The van der Waals surface area contributed by atoms with E-state index >= 15 is 0 Å². The van der Waals surface area contributed by atoms with Crippen LogP contribution in [0.2, 0.25) is 0 Å². The third-order valence-electron chi connectivity index (χ3n) is 5.95. The van der Waals surface area contributed by atoms with Crippen molar-refractivity contribution in [2.45, 2.75) is 39.2 Å². The molecular formula is C30H32O4. The number of rotatable bonds is 11. The predicted molar refractivity (Wildman–Crippen MR) is 136 cm³/mol. The number of carbonyl (C=O) groups excluding carboxylic acids is 1. The number of ether oxygens (including phenoxy) is 3. The number of fused-ring (bicyclic) bond motifs is 3. The number of benzene rings is 3. The van der Waals surface area contributed by atoms with Crippen LogP contribution >= 0.6 is 0 Å². The van der Waals surface area contributed by atoms with Crippen LogP contribution in [0.5, 0.6) is 5.75 Å². The van der Waals surface area contributed by atoms with Gasteiger partial charge in [0.05, 0.1) is 13.2 Å². The largest absolute Gasteiger partial charge is 0.494 e. The SMILES string of the molecule is CCOC(=O)C(Cc1ccc(OCCCC=C2c3ccccc3-c3ccccc32)cc1)OCC. The van der Waals surface area contributed by atoms with Crippen LogP contribution in [0.3, 0.4) is 0 Å². The van der Waals surface area contributed by atoms with Gasteiger partial charge >= 0.3 is 5.97 Å². The van der Waals surface area contributed by atoms with E-state index in [0.717, 1.165) is 24.2 Å². The van der Waals surface area contributed by atoms with Gasteiger partial charge < -0.3 is 14.2 Å². The summed E-state index contributed by atoms with van der Waals surface area (Å²) < 4.78 is 16.6. The van der Waals surface area contributed by atoms with E-state index in [1.54, 1.807) is 6.92 Å². The summed E-state index contributed by atoms with van der Waals surface area (Å²) in [6.45, 7) is 5.15. The minimum absolute atomic E-state index is 0.314. The zero-order valence-electron chi connectivity index (χ0n) is 20.0. The fourth-order valence-electron chi connectivity index (χ4n) is 4.37. The molecule has 0 saturated carbocycles. The predicted octanol–water partition coefficient (Wildman–Crippen LogP) is 6.47. The van der Waals surface area contributed by atoms with Gasteiger partial charge in [-0.1, -0.05) is 66.7 Å². The van der Waals surface area contributed by atoms with Crippen molar-refractivity contribution in [3.8, 4) is 16.9 Å². The molecule has 0 aliphatic heterocycles. The molecule has 1 aliphatic rings. The Kier molecular flexibility index (Phi) is 8.16. The highest BCUT2D eigenvalue weighted by atomic mass is 16.6. The Bertz CT molecular complexity index is 1080. The molecule has 0 spiro atoms. The summed E-state index contributed by atoms with van der Waals surface area (Å²) in [4.78, 5) is 12.1. The van der Waals surface area contributed by atoms with Crippen molar-refractivity contribution >= 4 is 11.5 Å². The highest BCUT2D eigenvalue weighted by Gasteiger charge is 2.22. The number of allylic oxidation sites excluding steroid dienone is 1. The Hall–Kier alpha value is -3.37. The van der Waals surface area contributed by atoms with Gasteiger partial charge in [0, 0.05) is 13.0 Å². The van der Waals surface area contributed by atoms with Crippen molar-refractivity contribution in [3.63, 3.8) is 0 Å². The molecule has 0 amide bonds. The minimum Gasteiger partial charge on any atom is -0.494 e. The van der Waals surface area contributed by atoms with Crippen molar-refractivity contribution in [1.29, 1.82) is 0 Å². The van der Waals surface area contributed by atoms with Gasteiger partial charge in [0.2, 0.25) is 0 Å². The lowest BCUT2D eigenvalue weighted by Gasteiger charge is -2.15. The molecule has 0 N–H and O–H groups in total. The summed E-state index contributed by atoms with van der Waals surface area (Å²) in [6, 6.07) is 25.1. The third-order valence-corrected chi connectivity index (χ3v) is 5.95. The van der Waals surface area contributed by atoms with E-state index in [1.807, 2.05) is 31.2 Å². The smallest absolute Gasteiger partial charge is 0.335 e. The molecule has 4 heteroatoms. The van der Waals surface area contributed by atoms with Gasteiger partial charge in [0.15, 0.2) is 6.10 Å². The zero-order chi connectivity index (χ0) is 23.8. The van der Waals surface area contributed by atoms with E-state index in [-0.39, 0.29) is 5.97 Å². The van der Waals surface area contributed by atoms with E-state index in [9.17, 15) is 4.79 Å². The van der Waals surface area contributed by atoms with E-state index in [1.165, 1.54) is 27.8 Å². The summed E-state index contributed by atoms with van der Waals surface area (Å²) in [5, 5.41) is 0. The Morgan fingerprint density at radius 1 is 0.824 bits per heavy atom. The van der Waals surface area contributed by atoms with Gasteiger partial charge in [-0.05, 0) is 72.2 Å². The van der Waals surface area contributed by atoms with Crippen LogP contribution in [0, 0.1) is 0 Å². The van der Waals surface area contributed by atoms with Crippen LogP contribution in [0.1, 0.15) is 43.4 Å². The first-order valence-electron chi connectivity index (χ1n) is 12.1. The molecular weight excluding hydrogens is 424 g/mol. The number of hydrogen-bond acceptors (Lipinski definition) is 4. The van der Waals surface area contributed by atoms with E-state index < -0.39 is 6.10 Å². The molecule has 4 nitrogen and oxygen atoms in total. The lowest BCUT2D eigenvalue weighted by Crippen LogP contribution is -2.28. The standard InChI is InChI=1S/C30H32O4/c1-3-32-29(30(31)33-4-2)21-22-16-18-23(19-17-22)34-20-10-9-15-28-26-13-7-5-11-24(26)25-12-6-8-14-27(25)28/h5-8,11-19,29H,3-4,9-10,20-21H2,1-2H3. The van der Waals surface area contributed by atoms with Crippen LogP contribution in [-0.2, 0) is 20.7 Å². The van der Waals surface area contributed by atoms with E-state index in [2.05, 4.69) is 54.6 Å². The van der Waals surface area contributed by atoms with Crippen LogP contribution in [0.15, 0.2) is 78.9 Å². The molecule has 3 aromatic carbocycles. The van der Waals surface area contributed by atoms with Gasteiger partial charge in [0.25, 0.3) is 0 Å². The Labute approximate surface area is 202 Å². The highest BCUT2D eigenvalue weighted by Crippen LogP contribution is 2.43. The van der Waals surface area contributed by atoms with Gasteiger partial charge in [-0.25, -0.2) is 4.79 Å². The summed E-state index contributed by atoms with van der Waals surface area (Å²) >= 11 is 0. The lowest BCUT2D eigenvalue weighted by molar-refractivity contribution is -0.156. The minimum atomic E-state index is -0.574. The van der Waals surface area contributed by atoms with Gasteiger partial charge in [-0.2, -0.15) is 0 Å². The summed E-state index contributed by atoms with van der Waals surface area (Å²) in [7, 11) is 0. The molecule has 1 unspecified atom stereocenters. The maximum Gasteiger partial charge on any atom is 0.335 e. The average Bonchev–Trinajstić information content (AvgIpc) is 3.18. The second-order valence-electron chi connectivity index (χ2n) is 8.24. The molecule has 3 aromatic rings. The fourth-order valence-corrected chi connectivity index (χ4v) is 4.37. The van der Waals surface area contributed by atoms with Gasteiger partial charge in [-0.3, -0.25) is 0 Å². The topological polar surface area (TPSA) is 44.8 Å². The van der Waals surface area contributed by atoms with Crippen molar-refractivity contribution in [2.75, 3.05) is 19.8 Å². The first-order chi connectivity index (χ1) is 16.7. The molecule has 176 valence electrons. The zero-order valence-corrected chi connectivity index (χ0v) is 20.0. The Balaban J connectivity index is 1.29. The second kappa shape index (κ2) is 11.7. The molecule has 1 aliphatic carbocycles. The number of unbranched alkanes of at least 4 members (excludes halogenated alkanes) is 1. The quantitative estimate of drug-likeness (QED) is 0.192. The molecule has 0 saturated heterocycles. The van der Waals surface area contributed by atoms with Crippen molar-refractivity contribution in [1.82, 2.24) is 0 Å². The summed E-state index contributed by atoms with van der Waals surface area (Å²) in [6.07, 6.45) is 4.14. The number of esters is 1. The molecule has 1 atom stereocenters. The maximum absolute atomic E-state index is 12.1. The normalized spacial score (nSPS) is 12.6. The summed E-state index contributed by atoms with van der Waals surface area (Å²) in [5.41, 5.74) is 7.59. The van der Waals surface area contributed by atoms with Gasteiger partial charge in [-0.15, -0.1) is 0 Å². The number of carbonyl (C=O) groups is 1. The first-order valence-corrected chi connectivity index (χ1v) is 12.1. The molecule has 4 rings (SSSR count). The van der Waals surface area contributed by atoms with Crippen molar-refractivity contribution in [2.24, 2.45) is 0 Å². The van der Waals surface area contributed by atoms with E-state index in [4.69, 9.17) is 14.2 Å². The monoisotopic (exact) mass is 456 g/mol. The molecule has 34 heavy (non-hydrogen) atoms. The molecule has 0 bridgehead atoms. The molecule has 0 radical (unpaired) electrons. The molecule has 0 heterocycles. The first kappa shape index (κ1) is 23.8. The van der Waals surface area contributed by atoms with Gasteiger partial charge in [0.1, 0.15) is 5.75 Å². The second-order valence-corrected chi connectivity index (χ2v) is 8.24. The Morgan fingerprint density at radius 2 is 1.44 bits per heavy atom. The molecule has 0 fully saturated rings. The van der Waals surface area contributed by atoms with Crippen molar-refractivity contribution < 1.29 is 19.0 Å². The molecule has 0 aromatic heterocycles. The number of hydrogen-bond donors (Lipinski definition) is 0. The van der Waals surface area contributed by atoms with Crippen LogP contribution < -0.4 is 4.74 Å². The third kappa shape index (κ3) is 5.57. The summed E-state index contributed by atoms with van der Waals surface area (Å²) in [5.74, 6) is 0.517. The Morgan fingerprint density at radius 3 is 2.03 bits per heavy atom. The van der Waals surface area contributed by atoms with Crippen LogP contribution in [-0.4, -0.2) is 31.9 Å².